The predicted octanol–water partition coefficient (Wildman–Crippen LogP) is 3.37. The van der Waals surface area contributed by atoms with Crippen LogP contribution in [0.5, 0.6) is 0 Å². The molecule has 3 heterocycles. The van der Waals surface area contributed by atoms with Gasteiger partial charge in [-0.15, -0.1) is 11.3 Å². The Morgan fingerprint density at radius 3 is 2.60 bits per heavy atom. The number of likely N-dealkylation sites (tertiary alicyclic amines) is 1. The van der Waals surface area contributed by atoms with Gasteiger partial charge in [-0.1, -0.05) is 20.8 Å². The van der Waals surface area contributed by atoms with E-state index in [-0.39, 0.29) is 23.8 Å². The minimum atomic E-state index is -0.840. The molecular formula is C22H34N4O3S. The number of hydrogen-bond acceptors (Lipinski definition) is 5. The highest BCUT2D eigenvalue weighted by Gasteiger charge is 2.54. The number of piperidine rings is 1. The van der Waals surface area contributed by atoms with Gasteiger partial charge in [0.05, 0.1) is 11.2 Å². The summed E-state index contributed by atoms with van der Waals surface area (Å²) >= 11 is 1.56. The minimum absolute atomic E-state index is 0.0586. The van der Waals surface area contributed by atoms with Crippen LogP contribution in [0.1, 0.15) is 63.4 Å². The molecule has 3 rings (SSSR count). The molecule has 1 aromatic rings. The lowest BCUT2D eigenvalue weighted by molar-refractivity contribution is -0.136. The Kier molecular flexibility index (Phi) is 7.16. The lowest BCUT2D eigenvalue weighted by atomic mass is 9.75. The first kappa shape index (κ1) is 22.7. The zero-order valence-electron chi connectivity index (χ0n) is 18.6. The van der Waals surface area contributed by atoms with E-state index in [1.54, 1.807) is 16.8 Å². The average Bonchev–Trinajstić information content (AvgIpc) is 3.25. The second kappa shape index (κ2) is 9.45. The van der Waals surface area contributed by atoms with Gasteiger partial charge < -0.3 is 10.2 Å². The standard InChI is InChI=1S/C22H34N4O3S/c1-5-22(17-8-11-25(12-9-17)19(27)7-6-15(2)3)20(28)26(21(29)24-22)13-10-18-16(4)23-14-30-18/h14-15,17H,5-13H2,1-4H3,(H,24,29). The maximum Gasteiger partial charge on any atom is 0.325 e. The molecule has 1 unspecified atom stereocenters. The van der Waals surface area contributed by atoms with Gasteiger partial charge in [-0.25, -0.2) is 9.78 Å². The number of aromatic nitrogens is 1. The molecule has 166 valence electrons. The molecule has 2 saturated heterocycles. The zero-order chi connectivity index (χ0) is 21.9. The molecule has 1 atom stereocenters. The van der Waals surface area contributed by atoms with Gasteiger partial charge in [0.2, 0.25) is 5.91 Å². The molecule has 30 heavy (non-hydrogen) atoms. The van der Waals surface area contributed by atoms with E-state index in [9.17, 15) is 14.4 Å². The van der Waals surface area contributed by atoms with E-state index in [1.807, 2.05) is 18.7 Å². The molecule has 0 saturated carbocycles. The van der Waals surface area contributed by atoms with E-state index in [0.717, 1.165) is 29.8 Å². The Labute approximate surface area is 183 Å². The highest BCUT2D eigenvalue weighted by atomic mass is 32.1. The smallest absolute Gasteiger partial charge is 0.325 e. The predicted molar refractivity (Wildman–Crippen MR) is 117 cm³/mol. The van der Waals surface area contributed by atoms with Crippen LogP contribution in [-0.2, 0) is 16.0 Å². The van der Waals surface area contributed by atoms with Crippen LogP contribution in [0.3, 0.4) is 0 Å². The molecule has 2 fully saturated rings. The first-order valence-electron chi connectivity index (χ1n) is 11.1. The SMILES string of the molecule is CCC1(C2CCN(C(=O)CCC(C)C)CC2)NC(=O)N(CCc2scnc2C)C1=O. The molecule has 4 amide bonds. The maximum atomic E-state index is 13.4. The number of hydrogen-bond donors (Lipinski definition) is 1. The van der Waals surface area contributed by atoms with Crippen molar-refractivity contribution in [2.45, 2.75) is 71.8 Å². The number of thiazole rings is 1. The van der Waals surface area contributed by atoms with Crippen LogP contribution in [0.25, 0.3) is 0 Å². The third-order valence-corrected chi connectivity index (χ3v) is 7.64. The van der Waals surface area contributed by atoms with Crippen molar-refractivity contribution in [2.75, 3.05) is 19.6 Å². The first-order chi connectivity index (χ1) is 14.3. The highest BCUT2D eigenvalue weighted by Crippen LogP contribution is 2.36. The van der Waals surface area contributed by atoms with E-state index in [2.05, 4.69) is 24.1 Å². The number of nitrogens with zero attached hydrogens (tertiary/aromatic N) is 3. The van der Waals surface area contributed by atoms with Crippen molar-refractivity contribution in [3.05, 3.63) is 16.1 Å². The monoisotopic (exact) mass is 434 g/mol. The van der Waals surface area contributed by atoms with Crippen LogP contribution in [0.2, 0.25) is 0 Å². The number of carbonyl (C=O) groups is 3. The van der Waals surface area contributed by atoms with Crippen LogP contribution in [0.4, 0.5) is 4.79 Å². The first-order valence-corrected chi connectivity index (χ1v) is 12.0. The number of amides is 4. The lowest BCUT2D eigenvalue weighted by Crippen LogP contribution is -2.56. The van der Waals surface area contributed by atoms with Gasteiger partial charge in [0, 0.05) is 37.4 Å². The molecule has 1 N–H and O–H groups in total. The summed E-state index contributed by atoms with van der Waals surface area (Å²) in [5.41, 5.74) is 1.92. The van der Waals surface area contributed by atoms with Crippen molar-refractivity contribution in [1.29, 1.82) is 0 Å². The summed E-state index contributed by atoms with van der Waals surface area (Å²) in [6, 6.07) is -0.292. The van der Waals surface area contributed by atoms with Crippen LogP contribution < -0.4 is 5.32 Å². The average molecular weight is 435 g/mol. The number of rotatable bonds is 8. The summed E-state index contributed by atoms with van der Waals surface area (Å²) in [6.45, 7) is 9.86. The molecule has 0 radical (unpaired) electrons. The normalized spacial score (nSPS) is 22.8. The molecule has 2 aliphatic heterocycles. The van der Waals surface area contributed by atoms with Crippen LogP contribution in [0.15, 0.2) is 5.51 Å². The van der Waals surface area contributed by atoms with E-state index in [0.29, 0.717) is 44.8 Å². The van der Waals surface area contributed by atoms with E-state index >= 15 is 0 Å². The van der Waals surface area contributed by atoms with Gasteiger partial charge in [-0.05, 0) is 44.4 Å². The zero-order valence-corrected chi connectivity index (χ0v) is 19.4. The molecule has 8 heteroatoms. The Morgan fingerprint density at radius 2 is 2.03 bits per heavy atom. The van der Waals surface area contributed by atoms with E-state index in [1.165, 1.54) is 4.90 Å². The lowest BCUT2D eigenvalue weighted by Gasteiger charge is -2.40. The Balaban J connectivity index is 1.61. The summed E-state index contributed by atoms with van der Waals surface area (Å²) in [7, 11) is 0. The van der Waals surface area contributed by atoms with Crippen LogP contribution >= 0.6 is 11.3 Å². The summed E-state index contributed by atoms with van der Waals surface area (Å²) in [4.78, 5) is 47.1. The van der Waals surface area contributed by atoms with Gasteiger partial charge >= 0.3 is 6.03 Å². The minimum Gasteiger partial charge on any atom is -0.343 e. The third kappa shape index (κ3) is 4.53. The summed E-state index contributed by atoms with van der Waals surface area (Å²) < 4.78 is 0. The summed E-state index contributed by atoms with van der Waals surface area (Å²) in [6.07, 6.45) is 4.18. The Hall–Kier alpha value is -1.96. The quantitative estimate of drug-likeness (QED) is 0.636. The molecular weight excluding hydrogens is 400 g/mol. The molecule has 0 aliphatic carbocycles. The van der Waals surface area contributed by atoms with Crippen molar-refractivity contribution in [2.24, 2.45) is 11.8 Å². The fraction of sp³-hybridized carbons (Fsp3) is 0.727. The van der Waals surface area contributed by atoms with Crippen LogP contribution in [0, 0.1) is 18.8 Å². The van der Waals surface area contributed by atoms with E-state index < -0.39 is 5.54 Å². The molecule has 0 aromatic carbocycles. The second-order valence-corrected chi connectivity index (χ2v) is 9.85. The largest absolute Gasteiger partial charge is 0.343 e. The third-order valence-electron chi connectivity index (χ3n) is 6.65. The number of imide groups is 1. The Morgan fingerprint density at radius 1 is 1.33 bits per heavy atom. The number of carbonyl (C=O) groups excluding carboxylic acids is 3. The van der Waals surface area contributed by atoms with Crippen molar-refractivity contribution < 1.29 is 14.4 Å². The topological polar surface area (TPSA) is 82.6 Å². The number of urea groups is 1. The van der Waals surface area contributed by atoms with Crippen molar-refractivity contribution >= 4 is 29.2 Å². The fourth-order valence-electron chi connectivity index (χ4n) is 4.62. The van der Waals surface area contributed by atoms with Gasteiger partial charge in [0.15, 0.2) is 0 Å². The van der Waals surface area contributed by atoms with Crippen molar-refractivity contribution in [1.82, 2.24) is 20.1 Å². The molecule has 1 aromatic heterocycles. The van der Waals surface area contributed by atoms with E-state index in [4.69, 9.17) is 0 Å². The fourth-order valence-corrected chi connectivity index (χ4v) is 5.39. The molecule has 0 bridgehead atoms. The van der Waals surface area contributed by atoms with Crippen molar-refractivity contribution in [3.63, 3.8) is 0 Å². The second-order valence-electron chi connectivity index (χ2n) is 8.91. The van der Waals surface area contributed by atoms with Gasteiger partial charge in [-0.3, -0.25) is 14.5 Å². The number of aryl methyl sites for hydroxylation is 1. The summed E-state index contributed by atoms with van der Waals surface area (Å²) in [5.74, 6) is 0.668. The maximum absolute atomic E-state index is 13.4. The molecule has 2 aliphatic rings. The van der Waals surface area contributed by atoms with Gasteiger partial charge in [0.25, 0.3) is 5.91 Å². The van der Waals surface area contributed by atoms with Gasteiger partial charge in [0.1, 0.15) is 5.54 Å². The number of nitrogens with one attached hydrogen (secondary N) is 1. The van der Waals surface area contributed by atoms with Gasteiger partial charge in [-0.2, -0.15) is 0 Å². The molecule has 0 spiro atoms. The Bertz CT molecular complexity index is 785. The van der Waals surface area contributed by atoms with Crippen LogP contribution in [-0.4, -0.2) is 57.8 Å². The highest BCUT2D eigenvalue weighted by molar-refractivity contribution is 7.09. The molecule has 7 nitrogen and oxygen atoms in total. The summed E-state index contributed by atoms with van der Waals surface area (Å²) in [5, 5.41) is 3.04. The van der Waals surface area contributed by atoms with Crippen molar-refractivity contribution in [3.8, 4) is 0 Å².